The van der Waals surface area contributed by atoms with Gasteiger partial charge in [0, 0.05) is 17.5 Å². The molecule has 92 valence electrons. The smallest absolute Gasteiger partial charge is 0.252 e. The predicted molar refractivity (Wildman–Crippen MR) is 68.1 cm³/mol. The third-order valence-electron chi connectivity index (χ3n) is 2.67. The van der Waals surface area contributed by atoms with Crippen molar-refractivity contribution in [2.24, 2.45) is 0 Å². The van der Waals surface area contributed by atoms with Crippen LogP contribution < -0.4 is 14.8 Å². The zero-order chi connectivity index (χ0) is 12.4. The summed E-state index contributed by atoms with van der Waals surface area (Å²) < 4.78 is 10.5. The van der Waals surface area contributed by atoms with Gasteiger partial charge in [-0.05, 0) is 29.1 Å². The van der Waals surface area contributed by atoms with E-state index in [1.54, 1.807) is 6.07 Å². The number of nitrogens with one attached hydrogen (secondary N) is 1. The maximum atomic E-state index is 11.8. The molecule has 1 aromatic heterocycles. The first kappa shape index (κ1) is 11.1. The maximum Gasteiger partial charge on any atom is 0.252 e. The van der Waals surface area contributed by atoms with Crippen molar-refractivity contribution in [3.8, 4) is 11.5 Å². The number of fused-ring (bicyclic) bond motifs is 1. The van der Waals surface area contributed by atoms with Crippen molar-refractivity contribution in [1.82, 2.24) is 5.32 Å². The highest BCUT2D eigenvalue weighted by Crippen LogP contribution is 2.32. The molecule has 2 heterocycles. The first-order chi connectivity index (χ1) is 8.83. The minimum atomic E-state index is -0.0612. The van der Waals surface area contributed by atoms with E-state index in [0.29, 0.717) is 12.1 Å². The molecule has 0 unspecified atom stereocenters. The lowest BCUT2D eigenvalue weighted by atomic mass is 10.2. The van der Waals surface area contributed by atoms with Gasteiger partial charge in [0.25, 0.3) is 5.91 Å². The van der Waals surface area contributed by atoms with Crippen LogP contribution in [-0.2, 0) is 6.54 Å². The van der Waals surface area contributed by atoms with Crippen molar-refractivity contribution in [3.05, 3.63) is 46.2 Å². The van der Waals surface area contributed by atoms with Crippen LogP contribution in [0.5, 0.6) is 11.5 Å². The van der Waals surface area contributed by atoms with Gasteiger partial charge in [-0.2, -0.15) is 11.3 Å². The number of thiophene rings is 1. The number of benzene rings is 1. The van der Waals surface area contributed by atoms with Gasteiger partial charge < -0.3 is 14.8 Å². The number of amides is 1. The third-order valence-corrected chi connectivity index (χ3v) is 3.36. The highest BCUT2D eigenvalue weighted by Gasteiger charge is 2.13. The van der Waals surface area contributed by atoms with Crippen molar-refractivity contribution in [1.29, 1.82) is 0 Å². The van der Waals surface area contributed by atoms with Crippen molar-refractivity contribution in [3.63, 3.8) is 0 Å². The molecule has 0 spiro atoms. The summed E-state index contributed by atoms with van der Waals surface area (Å²) in [7, 11) is 0. The van der Waals surface area contributed by atoms with Crippen molar-refractivity contribution in [2.75, 3.05) is 6.79 Å². The molecule has 1 amide bonds. The number of ether oxygens (including phenoxy) is 2. The summed E-state index contributed by atoms with van der Waals surface area (Å²) in [6.45, 7) is 0.741. The van der Waals surface area contributed by atoms with Gasteiger partial charge in [-0.1, -0.05) is 6.07 Å². The fraction of sp³-hybridized carbons (Fsp3) is 0.154. The molecular weight excluding hydrogens is 250 g/mol. The van der Waals surface area contributed by atoms with E-state index in [9.17, 15) is 4.79 Å². The zero-order valence-electron chi connectivity index (χ0n) is 9.51. The summed E-state index contributed by atoms with van der Waals surface area (Å²) in [6.07, 6.45) is 0. The Balaban J connectivity index is 1.65. The van der Waals surface area contributed by atoms with Gasteiger partial charge in [0.05, 0.1) is 0 Å². The van der Waals surface area contributed by atoms with Gasteiger partial charge in [0.2, 0.25) is 6.79 Å². The van der Waals surface area contributed by atoms with Crippen LogP contribution in [0.15, 0.2) is 35.0 Å². The molecule has 0 atom stereocenters. The van der Waals surface area contributed by atoms with Crippen LogP contribution in [0.2, 0.25) is 0 Å². The molecule has 2 aromatic rings. The molecule has 0 fully saturated rings. The van der Waals surface area contributed by atoms with Crippen LogP contribution in [0.4, 0.5) is 0 Å². The second kappa shape index (κ2) is 4.70. The number of hydrogen-bond donors (Lipinski definition) is 1. The molecule has 3 rings (SSSR count). The van der Waals surface area contributed by atoms with E-state index in [1.165, 1.54) is 11.3 Å². The Morgan fingerprint density at radius 3 is 3.00 bits per heavy atom. The minimum Gasteiger partial charge on any atom is -0.454 e. The molecule has 0 bridgehead atoms. The first-order valence-electron chi connectivity index (χ1n) is 5.52. The van der Waals surface area contributed by atoms with Gasteiger partial charge >= 0.3 is 0 Å². The van der Waals surface area contributed by atoms with Crippen LogP contribution in [-0.4, -0.2) is 12.7 Å². The van der Waals surface area contributed by atoms with Crippen molar-refractivity contribution >= 4 is 17.2 Å². The summed E-state index contributed by atoms with van der Waals surface area (Å²) in [5.41, 5.74) is 1.68. The van der Waals surface area contributed by atoms with E-state index in [-0.39, 0.29) is 12.7 Å². The van der Waals surface area contributed by atoms with Crippen LogP contribution in [0.25, 0.3) is 0 Å². The Kier molecular flexibility index (Phi) is 2.90. The van der Waals surface area contributed by atoms with Crippen molar-refractivity contribution in [2.45, 2.75) is 6.54 Å². The summed E-state index contributed by atoms with van der Waals surface area (Å²) in [5.74, 6) is 1.43. The molecule has 0 saturated heterocycles. The number of carbonyl (C=O) groups excluding carboxylic acids is 1. The molecule has 1 aromatic carbocycles. The number of carbonyl (C=O) groups is 1. The normalized spacial score (nSPS) is 12.4. The molecule has 0 saturated carbocycles. The highest BCUT2D eigenvalue weighted by molar-refractivity contribution is 7.08. The van der Waals surface area contributed by atoms with E-state index in [2.05, 4.69) is 5.32 Å². The fourth-order valence-corrected chi connectivity index (χ4v) is 2.36. The van der Waals surface area contributed by atoms with Gasteiger partial charge in [-0.15, -0.1) is 0 Å². The summed E-state index contributed by atoms with van der Waals surface area (Å²) in [4.78, 5) is 11.8. The molecular formula is C13H11NO3S. The van der Waals surface area contributed by atoms with E-state index < -0.39 is 0 Å². The molecule has 4 nitrogen and oxygen atoms in total. The Bertz CT molecular complexity index is 566. The van der Waals surface area contributed by atoms with Crippen LogP contribution in [0.3, 0.4) is 0 Å². The van der Waals surface area contributed by atoms with E-state index >= 15 is 0 Å². The van der Waals surface area contributed by atoms with E-state index in [1.807, 2.05) is 29.0 Å². The molecule has 1 aliphatic heterocycles. The molecule has 0 radical (unpaired) electrons. The maximum absolute atomic E-state index is 11.8. The van der Waals surface area contributed by atoms with E-state index in [0.717, 1.165) is 17.1 Å². The Hall–Kier alpha value is -2.01. The largest absolute Gasteiger partial charge is 0.454 e. The molecule has 5 heteroatoms. The lowest BCUT2D eigenvalue weighted by molar-refractivity contribution is 0.0951. The molecule has 18 heavy (non-hydrogen) atoms. The topological polar surface area (TPSA) is 47.6 Å². The molecule has 1 N–H and O–H groups in total. The lowest BCUT2D eigenvalue weighted by Crippen LogP contribution is -2.22. The zero-order valence-corrected chi connectivity index (χ0v) is 10.3. The second-order valence-electron chi connectivity index (χ2n) is 3.88. The second-order valence-corrected chi connectivity index (χ2v) is 4.66. The van der Waals surface area contributed by atoms with E-state index in [4.69, 9.17) is 9.47 Å². The SMILES string of the molecule is O=C(NCc1ccc2c(c1)OCO2)c1ccsc1. The predicted octanol–water partition coefficient (Wildman–Crippen LogP) is 2.41. The quantitative estimate of drug-likeness (QED) is 0.923. The van der Waals surface area contributed by atoms with Gasteiger partial charge in [-0.3, -0.25) is 4.79 Å². The average molecular weight is 261 g/mol. The highest BCUT2D eigenvalue weighted by atomic mass is 32.1. The molecule has 0 aliphatic carbocycles. The molecule has 1 aliphatic rings. The fourth-order valence-electron chi connectivity index (χ4n) is 1.73. The minimum absolute atomic E-state index is 0.0612. The van der Waals surface area contributed by atoms with Gasteiger partial charge in [0.1, 0.15) is 0 Å². The lowest BCUT2D eigenvalue weighted by Gasteiger charge is -2.05. The third kappa shape index (κ3) is 2.17. The Morgan fingerprint density at radius 2 is 2.17 bits per heavy atom. The number of rotatable bonds is 3. The van der Waals surface area contributed by atoms with Crippen LogP contribution in [0.1, 0.15) is 15.9 Å². The van der Waals surface area contributed by atoms with Gasteiger partial charge in [-0.25, -0.2) is 0 Å². The average Bonchev–Trinajstić information content (AvgIpc) is 3.05. The monoisotopic (exact) mass is 261 g/mol. The summed E-state index contributed by atoms with van der Waals surface area (Å²) >= 11 is 1.51. The summed E-state index contributed by atoms with van der Waals surface area (Å²) in [6, 6.07) is 7.46. The van der Waals surface area contributed by atoms with Crippen LogP contribution in [0, 0.1) is 0 Å². The van der Waals surface area contributed by atoms with Crippen LogP contribution >= 0.6 is 11.3 Å². The van der Waals surface area contributed by atoms with Gasteiger partial charge in [0.15, 0.2) is 11.5 Å². The first-order valence-corrected chi connectivity index (χ1v) is 6.46. The Morgan fingerprint density at radius 1 is 1.28 bits per heavy atom. The number of hydrogen-bond acceptors (Lipinski definition) is 4. The van der Waals surface area contributed by atoms with Crippen molar-refractivity contribution < 1.29 is 14.3 Å². The Labute approximate surface area is 108 Å². The standard InChI is InChI=1S/C13H11NO3S/c15-13(10-3-4-18-7-10)14-6-9-1-2-11-12(5-9)17-8-16-11/h1-5,7H,6,8H2,(H,14,15). The summed E-state index contributed by atoms with van der Waals surface area (Å²) in [5, 5.41) is 6.58.